The fourth-order valence-electron chi connectivity index (χ4n) is 1.89. The normalized spacial score (nSPS) is 10.6. The third-order valence-corrected chi connectivity index (χ3v) is 4.21. The van der Waals surface area contributed by atoms with E-state index in [0.29, 0.717) is 0 Å². The molecule has 0 aliphatic heterocycles. The van der Waals surface area contributed by atoms with E-state index in [1.165, 1.54) is 34.6 Å². The first-order chi connectivity index (χ1) is 8.70. The third kappa shape index (κ3) is 3.08. The number of carbonyl (C=O) groups is 1. The van der Waals surface area contributed by atoms with E-state index in [1.807, 2.05) is 35.6 Å². The third-order valence-electron chi connectivity index (χ3n) is 3.01. The van der Waals surface area contributed by atoms with Gasteiger partial charge in [0.05, 0.1) is 0 Å². The number of carbonyl (C=O) groups excluding carboxylic acids is 1. The number of benzene rings is 1. The van der Waals surface area contributed by atoms with Gasteiger partial charge in [0.1, 0.15) is 0 Å². The highest BCUT2D eigenvalue weighted by Gasteiger charge is 2.04. The number of rotatable bonds is 5. The smallest absolute Gasteiger partial charge is 0.159 e. The van der Waals surface area contributed by atoms with Gasteiger partial charge in [-0.3, -0.25) is 4.79 Å². The number of hydrogen-bond donors (Lipinski definition) is 0. The van der Waals surface area contributed by atoms with E-state index in [4.69, 9.17) is 0 Å². The standard InChI is InChI=1S/C16H18OS/c1-3-4-5-15-10-11-16(18-15)14-8-6-13(7-9-14)12(2)17/h6-11H,3-5H2,1-2H3. The highest BCUT2D eigenvalue weighted by atomic mass is 32.1. The molecule has 1 nitrogen and oxygen atoms in total. The Balaban J connectivity index is 2.15. The number of hydrogen-bond acceptors (Lipinski definition) is 2. The van der Waals surface area contributed by atoms with Gasteiger partial charge in [-0.1, -0.05) is 37.6 Å². The molecule has 0 aliphatic carbocycles. The van der Waals surface area contributed by atoms with Crippen LogP contribution in [0.15, 0.2) is 36.4 Å². The van der Waals surface area contributed by atoms with E-state index >= 15 is 0 Å². The SMILES string of the molecule is CCCCc1ccc(-c2ccc(C(C)=O)cc2)s1. The Bertz CT molecular complexity index is 522. The van der Waals surface area contributed by atoms with Crippen LogP contribution in [0.25, 0.3) is 10.4 Å². The van der Waals surface area contributed by atoms with Crippen molar-refractivity contribution in [3.8, 4) is 10.4 Å². The van der Waals surface area contributed by atoms with E-state index < -0.39 is 0 Å². The molecule has 2 aromatic rings. The zero-order valence-electron chi connectivity index (χ0n) is 10.9. The fourth-order valence-corrected chi connectivity index (χ4v) is 2.94. The van der Waals surface area contributed by atoms with Crippen LogP contribution >= 0.6 is 11.3 Å². The molecule has 94 valence electrons. The summed E-state index contributed by atoms with van der Waals surface area (Å²) in [6.45, 7) is 3.82. The van der Waals surface area contributed by atoms with Crippen LogP contribution in [0.4, 0.5) is 0 Å². The second kappa shape index (κ2) is 5.96. The lowest BCUT2D eigenvalue weighted by molar-refractivity contribution is 0.101. The Morgan fingerprint density at radius 2 is 1.83 bits per heavy atom. The van der Waals surface area contributed by atoms with Crippen molar-refractivity contribution in [1.29, 1.82) is 0 Å². The molecule has 0 bridgehead atoms. The average molecular weight is 258 g/mol. The number of ketones is 1. The van der Waals surface area contributed by atoms with Crippen LogP contribution in [0, 0.1) is 0 Å². The molecule has 1 aromatic carbocycles. The van der Waals surface area contributed by atoms with E-state index in [1.54, 1.807) is 6.92 Å². The molecular weight excluding hydrogens is 240 g/mol. The largest absolute Gasteiger partial charge is 0.295 e. The molecule has 2 heteroatoms. The predicted molar refractivity (Wildman–Crippen MR) is 78.4 cm³/mol. The summed E-state index contributed by atoms with van der Waals surface area (Å²) in [6, 6.07) is 12.3. The Morgan fingerprint density at radius 1 is 1.11 bits per heavy atom. The highest BCUT2D eigenvalue weighted by molar-refractivity contribution is 7.15. The molecule has 0 radical (unpaired) electrons. The average Bonchev–Trinajstić information content (AvgIpc) is 2.85. The van der Waals surface area contributed by atoms with Gasteiger partial charge in [-0.25, -0.2) is 0 Å². The second-order valence-corrected chi connectivity index (χ2v) is 5.67. The maximum absolute atomic E-state index is 11.2. The van der Waals surface area contributed by atoms with Crippen LogP contribution in [-0.4, -0.2) is 5.78 Å². The molecule has 0 unspecified atom stereocenters. The molecule has 0 atom stereocenters. The summed E-state index contributed by atoms with van der Waals surface area (Å²) in [5.74, 6) is 0.122. The number of unbranched alkanes of at least 4 members (excludes halogenated alkanes) is 1. The first kappa shape index (κ1) is 13.0. The number of Topliss-reactive ketones (excluding diaryl/α,β-unsaturated/α-hetero) is 1. The summed E-state index contributed by atoms with van der Waals surface area (Å²) < 4.78 is 0. The second-order valence-electron chi connectivity index (χ2n) is 4.50. The van der Waals surface area contributed by atoms with Crippen LogP contribution in [0.1, 0.15) is 41.9 Å². The van der Waals surface area contributed by atoms with Crippen molar-refractivity contribution >= 4 is 17.1 Å². The van der Waals surface area contributed by atoms with Gasteiger partial charge in [-0.15, -0.1) is 11.3 Å². The summed E-state index contributed by atoms with van der Waals surface area (Å²) in [7, 11) is 0. The first-order valence-electron chi connectivity index (χ1n) is 6.41. The molecule has 2 rings (SSSR count). The van der Waals surface area contributed by atoms with Crippen molar-refractivity contribution in [2.45, 2.75) is 33.1 Å². The van der Waals surface area contributed by atoms with Gasteiger partial charge < -0.3 is 0 Å². The molecule has 0 spiro atoms. The Morgan fingerprint density at radius 3 is 2.44 bits per heavy atom. The van der Waals surface area contributed by atoms with Gasteiger partial charge in [0.25, 0.3) is 0 Å². The molecule has 0 saturated carbocycles. The van der Waals surface area contributed by atoms with Gasteiger partial charge in [0.2, 0.25) is 0 Å². The van der Waals surface area contributed by atoms with Gasteiger partial charge in [-0.2, -0.15) is 0 Å². The minimum Gasteiger partial charge on any atom is -0.295 e. The fraction of sp³-hybridized carbons (Fsp3) is 0.312. The first-order valence-corrected chi connectivity index (χ1v) is 7.22. The van der Waals surface area contributed by atoms with Crippen LogP contribution < -0.4 is 0 Å². The number of aryl methyl sites for hydroxylation is 1. The van der Waals surface area contributed by atoms with Crippen molar-refractivity contribution in [3.63, 3.8) is 0 Å². The zero-order valence-corrected chi connectivity index (χ0v) is 11.7. The van der Waals surface area contributed by atoms with E-state index in [-0.39, 0.29) is 5.78 Å². The van der Waals surface area contributed by atoms with Gasteiger partial charge in [-0.05, 0) is 37.5 Å². The minimum absolute atomic E-state index is 0.122. The lowest BCUT2D eigenvalue weighted by Gasteiger charge is -1.99. The Hall–Kier alpha value is -1.41. The summed E-state index contributed by atoms with van der Waals surface area (Å²) in [5.41, 5.74) is 1.98. The van der Waals surface area contributed by atoms with Crippen molar-refractivity contribution in [2.75, 3.05) is 0 Å². The summed E-state index contributed by atoms with van der Waals surface area (Å²) >= 11 is 1.86. The molecule has 0 aliphatic rings. The molecule has 1 aromatic heterocycles. The molecule has 1 heterocycles. The molecule has 0 saturated heterocycles. The van der Waals surface area contributed by atoms with Crippen molar-refractivity contribution in [2.24, 2.45) is 0 Å². The Kier molecular flexibility index (Phi) is 4.32. The van der Waals surface area contributed by atoms with Gasteiger partial charge >= 0.3 is 0 Å². The predicted octanol–water partition coefficient (Wildman–Crippen LogP) is 4.96. The lowest BCUT2D eigenvalue weighted by atomic mass is 10.1. The zero-order chi connectivity index (χ0) is 13.0. The van der Waals surface area contributed by atoms with Gasteiger partial charge in [0.15, 0.2) is 5.78 Å². The van der Waals surface area contributed by atoms with Crippen molar-refractivity contribution < 1.29 is 4.79 Å². The summed E-state index contributed by atoms with van der Waals surface area (Å²) in [5, 5.41) is 0. The molecule has 18 heavy (non-hydrogen) atoms. The Labute approximate surface area is 112 Å². The van der Waals surface area contributed by atoms with Crippen LogP contribution in [0.5, 0.6) is 0 Å². The van der Waals surface area contributed by atoms with E-state index in [9.17, 15) is 4.79 Å². The highest BCUT2D eigenvalue weighted by Crippen LogP contribution is 2.29. The van der Waals surface area contributed by atoms with Crippen LogP contribution in [-0.2, 0) is 6.42 Å². The van der Waals surface area contributed by atoms with Crippen LogP contribution in [0.3, 0.4) is 0 Å². The van der Waals surface area contributed by atoms with Crippen molar-refractivity contribution in [3.05, 3.63) is 46.8 Å². The van der Waals surface area contributed by atoms with Gasteiger partial charge in [0, 0.05) is 15.3 Å². The maximum atomic E-state index is 11.2. The lowest BCUT2D eigenvalue weighted by Crippen LogP contribution is -1.90. The molecule has 0 fully saturated rings. The van der Waals surface area contributed by atoms with Crippen LogP contribution in [0.2, 0.25) is 0 Å². The topological polar surface area (TPSA) is 17.1 Å². The van der Waals surface area contributed by atoms with Crippen molar-refractivity contribution in [1.82, 2.24) is 0 Å². The van der Waals surface area contributed by atoms with E-state index in [0.717, 1.165) is 5.56 Å². The molecule has 0 amide bonds. The monoisotopic (exact) mass is 258 g/mol. The minimum atomic E-state index is 0.122. The quantitative estimate of drug-likeness (QED) is 0.693. The summed E-state index contributed by atoms with van der Waals surface area (Å²) in [6.07, 6.45) is 3.66. The van der Waals surface area contributed by atoms with E-state index in [2.05, 4.69) is 19.1 Å². The number of thiophene rings is 1. The summed E-state index contributed by atoms with van der Waals surface area (Å²) in [4.78, 5) is 14.0. The molecule has 0 N–H and O–H groups in total. The molecular formula is C16H18OS. The maximum Gasteiger partial charge on any atom is 0.159 e.